The number of aryl methyl sites for hydroxylation is 2. The Morgan fingerprint density at radius 1 is 1.20 bits per heavy atom. The smallest absolute Gasteiger partial charge is 0.241 e. The summed E-state index contributed by atoms with van der Waals surface area (Å²) >= 11 is 0. The molecule has 1 aliphatic rings. The lowest BCUT2D eigenvalue weighted by Crippen LogP contribution is -2.05. The first-order valence-corrected chi connectivity index (χ1v) is 5.35. The van der Waals surface area contributed by atoms with Crippen molar-refractivity contribution in [2.45, 2.75) is 25.7 Å². The highest BCUT2D eigenvalue weighted by molar-refractivity contribution is 5.90. The second-order valence-electron chi connectivity index (χ2n) is 3.97. The summed E-state index contributed by atoms with van der Waals surface area (Å²) in [4.78, 5) is 10.6. The number of primary amides is 1. The van der Waals surface area contributed by atoms with Crippen molar-refractivity contribution < 1.29 is 4.79 Å². The van der Waals surface area contributed by atoms with Gasteiger partial charge in [0.25, 0.3) is 0 Å². The number of rotatable bonds is 2. The van der Waals surface area contributed by atoms with Crippen LogP contribution < -0.4 is 5.73 Å². The number of hydrogen-bond acceptors (Lipinski definition) is 1. The summed E-state index contributed by atoms with van der Waals surface area (Å²) < 4.78 is 0. The van der Waals surface area contributed by atoms with Crippen molar-refractivity contribution in [1.82, 2.24) is 0 Å². The molecule has 2 rings (SSSR count). The molecule has 0 unspecified atom stereocenters. The monoisotopic (exact) mass is 201 g/mol. The molecule has 0 bridgehead atoms. The molecule has 1 aromatic carbocycles. The Balaban J connectivity index is 2.24. The van der Waals surface area contributed by atoms with E-state index in [1.165, 1.54) is 36.5 Å². The zero-order valence-corrected chi connectivity index (χ0v) is 8.70. The molecule has 0 fully saturated rings. The number of benzene rings is 1. The molecule has 0 radical (unpaired) electrons. The molecular formula is C13H15NO. The molecule has 0 aromatic heterocycles. The molecule has 0 atom stereocenters. The molecule has 0 saturated heterocycles. The van der Waals surface area contributed by atoms with E-state index in [4.69, 9.17) is 5.73 Å². The average molecular weight is 201 g/mol. The highest BCUT2D eigenvalue weighted by atomic mass is 16.1. The van der Waals surface area contributed by atoms with E-state index in [0.29, 0.717) is 0 Å². The van der Waals surface area contributed by atoms with Crippen molar-refractivity contribution in [2.75, 3.05) is 0 Å². The predicted octanol–water partition coefficient (Wildman–Crippen LogP) is 2.06. The SMILES string of the molecule is NC(=O)/C=C\c1ccc2c(c1)CCCC2. The van der Waals surface area contributed by atoms with Gasteiger partial charge in [0.2, 0.25) is 5.91 Å². The molecular weight excluding hydrogens is 186 g/mol. The number of carbonyl (C=O) groups excluding carboxylic acids is 1. The Hall–Kier alpha value is -1.57. The van der Waals surface area contributed by atoms with E-state index in [9.17, 15) is 4.79 Å². The first-order chi connectivity index (χ1) is 7.25. The van der Waals surface area contributed by atoms with Crippen molar-refractivity contribution in [3.05, 3.63) is 41.0 Å². The first kappa shape index (κ1) is 9.97. The van der Waals surface area contributed by atoms with Crippen molar-refractivity contribution in [2.24, 2.45) is 5.73 Å². The Morgan fingerprint density at radius 3 is 2.67 bits per heavy atom. The van der Waals surface area contributed by atoms with Crippen molar-refractivity contribution >= 4 is 12.0 Å². The number of nitrogens with two attached hydrogens (primary N) is 1. The predicted molar refractivity (Wildman–Crippen MR) is 61.3 cm³/mol. The maximum absolute atomic E-state index is 10.6. The second-order valence-corrected chi connectivity index (χ2v) is 3.97. The zero-order chi connectivity index (χ0) is 10.7. The highest BCUT2D eigenvalue weighted by Gasteiger charge is 2.08. The van der Waals surface area contributed by atoms with E-state index in [2.05, 4.69) is 12.1 Å². The van der Waals surface area contributed by atoms with Gasteiger partial charge in [0, 0.05) is 6.08 Å². The molecule has 1 aliphatic carbocycles. The second kappa shape index (κ2) is 4.30. The molecule has 2 N–H and O–H groups in total. The van der Waals surface area contributed by atoms with Crippen molar-refractivity contribution in [3.63, 3.8) is 0 Å². The lowest BCUT2D eigenvalue weighted by Gasteiger charge is -2.15. The first-order valence-electron chi connectivity index (χ1n) is 5.35. The van der Waals surface area contributed by atoms with E-state index in [0.717, 1.165) is 12.0 Å². The summed E-state index contributed by atoms with van der Waals surface area (Å²) in [5.41, 5.74) is 9.00. The standard InChI is InChI=1S/C13H15NO/c14-13(15)8-6-10-5-7-11-3-1-2-4-12(11)9-10/h5-9H,1-4H2,(H2,14,15)/b8-6-. The Morgan fingerprint density at radius 2 is 1.93 bits per heavy atom. The van der Waals surface area contributed by atoms with E-state index in [-0.39, 0.29) is 0 Å². The summed E-state index contributed by atoms with van der Waals surface area (Å²) in [5, 5.41) is 0. The molecule has 0 spiro atoms. The van der Waals surface area contributed by atoms with Crippen LogP contribution in [-0.2, 0) is 17.6 Å². The van der Waals surface area contributed by atoms with Gasteiger partial charge < -0.3 is 5.73 Å². The van der Waals surface area contributed by atoms with Crippen LogP contribution in [0.2, 0.25) is 0 Å². The van der Waals surface area contributed by atoms with Crippen LogP contribution in [0.4, 0.5) is 0 Å². The third-order valence-electron chi connectivity index (χ3n) is 2.81. The minimum absolute atomic E-state index is 0.396. The van der Waals surface area contributed by atoms with Crippen LogP contribution in [0.1, 0.15) is 29.5 Å². The normalized spacial score (nSPS) is 15.2. The maximum atomic E-state index is 10.6. The van der Waals surface area contributed by atoms with Gasteiger partial charge in [0.05, 0.1) is 0 Å². The summed E-state index contributed by atoms with van der Waals surface area (Å²) in [5.74, 6) is -0.396. The summed E-state index contributed by atoms with van der Waals surface area (Å²) in [6, 6.07) is 6.37. The van der Waals surface area contributed by atoms with Crippen LogP contribution in [0, 0.1) is 0 Å². The fourth-order valence-electron chi connectivity index (χ4n) is 2.04. The number of amides is 1. The van der Waals surface area contributed by atoms with Crippen molar-refractivity contribution in [1.29, 1.82) is 0 Å². The van der Waals surface area contributed by atoms with Crippen LogP contribution in [0.15, 0.2) is 24.3 Å². The molecule has 2 nitrogen and oxygen atoms in total. The Bertz CT molecular complexity index is 407. The Kier molecular flexibility index (Phi) is 2.86. The van der Waals surface area contributed by atoms with Crippen LogP contribution in [0.5, 0.6) is 0 Å². The van der Waals surface area contributed by atoms with Gasteiger partial charge in [0.1, 0.15) is 0 Å². The minimum atomic E-state index is -0.396. The van der Waals surface area contributed by atoms with Gasteiger partial charge in [0.15, 0.2) is 0 Å². The summed E-state index contributed by atoms with van der Waals surface area (Å²) in [6.07, 6.45) is 8.10. The lowest BCUT2D eigenvalue weighted by molar-refractivity contribution is -0.113. The molecule has 1 amide bonds. The quantitative estimate of drug-likeness (QED) is 0.731. The minimum Gasteiger partial charge on any atom is -0.366 e. The molecule has 0 saturated carbocycles. The summed E-state index contributed by atoms with van der Waals surface area (Å²) in [7, 11) is 0. The van der Waals surface area contributed by atoms with Gasteiger partial charge in [-0.3, -0.25) is 4.79 Å². The van der Waals surface area contributed by atoms with Crippen molar-refractivity contribution in [3.8, 4) is 0 Å². The number of hydrogen-bond donors (Lipinski definition) is 1. The van der Waals surface area contributed by atoms with Crippen LogP contribution >= 0.6 is 0 Å². The third-order valence-corrected chi connectivity index (χ3v) is 2.81. The summed E-state index contributed by atoms with van der Waals surface area (Å²) in [6.45, 7) is 0. The van der Waals surface area contributed by atoms with E-state index >= 15 is 0 Å². The molecule has 0 heterocycles. The third kappa shape index (κ3) is 2.46. The van der Waals surface area contributed by atoms with E-state index in [1.807, 2.05) is 6.07 Å². The molecule has 0 aliphatic heterocycles. The van der Waals surface area contributed by atoms with Crippen LogP contribution in [-0.4, -0.2) is 5.91 Å². The number of carbonyl (C=O) groups is 1. The fourth-order valence-corrected chi connectivity index (χ4v) is 2.04. The topological polar surface area (TPSA) is 43.1 Å². The molecule has 15 heavy (non-hydrogen) atoms. The van der Waals surface area contributed by atoms with Gasteiger partial charge in [-0.1, -0.05) is 18.2 Å². The van der Waals surface area contributed by atoms with E-state index < -0.39 is 5.91 Å². The molecule has 2 heteroatoms. The van der Waals surface area contributed by atoms with Gasteiger partial charge >= 0.3 is 0 Å². The van der Waals surface area contributed by atoms with E-state index in [1.54, 1.807) is 6.08 Å². The highest BCUT2D eigenvalue weighted by Crippen LogP contribution is 2.22. The lowest BCUT2D eigenvalue weighted by atomic mass is 9.90. The van der Waals surface area contributed by atoms with Gasteiger partial charge in [-0.15, -0.1) is 0 Å². The zero-order valence-electron chi connectivity index (χ0n) is 8.70. The Labute approximate surface area is 89.8 Å². The maximum Gasteiger partial charge on any atom is 0.241 e. The van der Waals surface area contributed by atoms with Crippen LogP contribution in [0.25, 0.3) is 6.08 Å². The molecule has 78 valence electrons. The van der Waals surface area contributed by atoms with Gasteiger partial charge in [-0.2, -0.15) is 0 Å². The average Bonchev–Trinajstić information content (AvgIpc) is 2.26. The number of fused-ring (bicyclic) bond motifs is 1. The molecule has 1 aromatic rings. The fraction of sp³-hybridized carbons (Fsp3) is 0.308. The van der Waals surface area contributed by atoms with Gasteiger partial charge in [-0.25, -0.2) is 0 Å². The largest absolute Gasteiger partial charge is 0.366 e. The van der Waals surface area contributed by atoms with Crippen LogP contribution in [0.3, 0.4) is 0 Å². The van der Waals surface area contributed by atoms with Gasteiger partial charge in [-0.05, 0) is 48.4 Å².